The van der Waals surface area contributed by atoms with Gasteiger partial charge >= 0.3 is 11.9 Å². The van der Waals surface area contributed by atoms with Crippen LogP contribution >= 0.6 is 0 Å². The lowest BCUT2D eigenvalue weighted by Crippen LogP contribution is -2.42. The van der Waals surface area contributed by atoms with E-state index in [4.69, 9.17) is 9.47 Å². The Bertz CT molecular complexity index is 1430. The van der Waals surface area contributed by atoms with Gasteiger partial charge in [0.05, 0.1) is 18.9 Å². The van der Waals surface area contributed by atoms with E-state index in [0.717, 1.165) is 87.2 Å². The zero-order chi connectivity index (χ0) is 32.3. The van der Waals surface area contributed by atoms with E-state index in [9.17, 15) is 14.4 Å². The lowest BCUT2D eigenvalue weighted by Gasteiger charge is -2.32. The Hall–Kier alpha value is -4.01. The molecule has 2 aliphatic heterocycles. The van der Waals surface area contributed by atoms with Gasteiger partial charge in [0, 0.05) is 45.3 Å². The summed E-state index contributed by atoms with van der Waals surface area (Å²) < 4.78 is 11.1. The van der Waals surface area contributed by atoms with Gasteiger partial charge in [0.2, 0.25) is 0 Å². The minimum Gasteiger partial charge on any atom is -0.466 e. The van der Waals surface area contributed by atoms with E-state index < -0.39 is 0 Å². The number of likely N-dealkylation sites (N-methyl/N-ethyl adjacent to an activating group) is 1. The molecule has 1 amide bonds. The van der Waals surface area contributed by atoms with Crippen molar-refractivity contribution in [3.63, 3.8) is 0 Å². The first kappa shape index (κ1) is 33.4. The van der Waals surface area contributed by atoms with Crippen molar-refractivity contribution in [2.75, 3.05) is 52.9 Å². The van der Waals surface area contributed by atoms with Gasteiger partial charge < -0.3 is 19.3 Å². The molecule has 0 aromatic heterocycles. The minimum atomic E-state index is -0.184. The molecule has 5 rings (SSSR count). The highest BCUT2D eigenvalue weighted by Crippen LogP contribution is 2.25. The smallest absolute Gasteiger partial charge is 0.310 e. The van der Waals surface area contributed by atoms with Gasteiger partial charge in [0.1, 0.15) is 6.10 Å². The second kappa shape index (κ2) is 16.5. The highest BCUT2D eigenvalue weighted by Gasteiger charge is 2.26. The summed E-state index contributed by atoms with van der Waals surface area (Å²) in [5.74, 6) is -0.232. The Kier molecular flexibility index (Phi) is 12.0. The number of hydrogen-bond acceptors (Lipinski definition) is 7. The van der Waals surface area contributed by atoms with Crippen LogP contribution in [0, 0.1) is 5.92 Å². The molecule has 0 unspecified atom stereocenters. The lowest BCUT2D eigenvalue weighted by atomic mass is 9.96. The first-order valence-corrected chi connectivity index (χ1v) is 16.7. The quantitative estimate of drug-likeness (QED) is 0.248. The van der Waals surface area contributed by atoms with Gasteiger partial charge in [-0.1, -0.05) is 66.7 Å². The fraction of sp³-hybridized carbons (Fsp3) is 0.447. The summed E-state index contributed by atoms with van der Waals surface area (Å²) in [5.41, 5.74) is 4.99. The minimum absolute atomic E-state index is 0.00903. The number of piperidine rings is 2. The molecule has 8 heteroatoms. The molecule has 0 N–H and O–H groups in total. The average molecular weight is 626 g/mol. The van der Waals surface area contributed by atoms with Crippen molar-refractivity contribution in [2.45, 2.75) is 51.7 Å². The molecule has 0 atom stereocenters. The van der Waals surface area contributed by atoms with Crippen molar-refractivity contribution in [1.29, 1.82) is 0 Å². The first-order chi connectivity index (χ1) is 22.4. The predicted molar refractivity (Wildman–Crippen MR) is 179 cm³/mol. The van der Waals surface area contributed by atoms with Crippen molar-refractivity contribution >= 4 is 17.8 Å². The summed E-state index contributed by atoms with van der Waals surface area (Å²) in [5, 5.41) is 0. The number of benzene rings is 3. The molecular formula is C38H47N3O5. The normalized spacial score (nSPS) is 16.6. The summed E-state index contributed by atoms with van der Waals surface area (Å²) in [6.07, 6.45) is 3.43. The van der Waals surface area contributed by atoms with E-state index in [0.29, 0.717) is 18.7 Å². The summed E-state index contributed by atoms with van der Waals surface area (Å²) >= 11 is 0. The summed E-state index contributed by atoms with van der Waals surface area (Å²) in [6.45, 7) is 7.93. The Morgan fingerprint density at radius 1 is 0.804 bits per heavy atom. The number of rotatable bonds is 12. The maximum absolute atomic E-state index is 13.1. The van der Waals surface area contributed by atoms with E-state index >= 15 is 0 Å². The third kappa shape index (κ3) is 9.27. The van der Waals surface area contributed by atoms with Crippen LogP contribution < -0.4 is 0 Å². The van der Waals surface area contributed by atoms with Crippen molar-refractivity contribution in [2.24, 2.45) is 5.92 Å². The summed E-state index contributed by atoms with van der Waals surface area (Å²) in [6, 6.07) is 26.0. The van der Waals surface area contributed by atoms with Gasteiger partial charge in [-0.3, -0.25) is 19.3 Å². The molecule has 0 radical (unpaired) electrons. The molecule has 2 fully saturated rings. The SMILES string of the molecule is CCOC(=O)C1CCN(Cc2ccc(C(=O)N(C)CCN3CCC(OC(=O)Cc4ccccc4-c4ccccc4)CC3)cc2)CC1. The number of carbonyl (C=O) groups excluding carboxylic acids is 3. The molecule has 2 aliphatic rings. The predicted octanol–water partition coefficient (Wildman–Crippen LogP) is 5.45. The second-order valence-electron chi connectivity index (χ2n) is 12.5. The van der Waals surface area contributed by atoms with Gasteiger partial charge in [-0.15, -0.1) is 0 Å². The van der Waals surface area contributed by atoms with Crippen LogP contribution in [-0.2, 0) is 32.0 Å². The Balaban J connectivity index is 1.00. The van der Waals surface area contributed by atoms with Gasteiger partial charge in [-0.2, -0.15) is 0 Å². The van der Waals surface area contributed by atoms with Gasteiger partial charge in [0.15, 0.2) is 0 Å². The monoisotopic (exact) mass is 625 g/mol. The van der Waals surface area contributed by atoms with Gasteiger partial charge in [-0.05, 0) is 80.1 Å². The van der Waals surface area contributed by atoms with Crippen LogP contribution in [0.4, 0.5) is 0 Å². The average Bonchev–Trinajstić information content (AvgIpc) is 3.09. The number of hydrogen-bond donors (Lipinski definition) is 0. The van der Waals surface area contributed by atoms with Crippen molar-refractivity contribution < 1.29 is 23.9 Å². The van der Waals surface area contributed by atoms with E-state index in [2.05, 4.69) is 28.0 Å². The topological polar surface area (TPSA) is 79.4 Å². The van der Waals surface area contributed by atoms with Crippen LogP contribution in [0.15, 0.2) is 78.9 Å². The maximum atomic E-state index is 13.1. The summed E-state index contributed by atoms with van der Waals surface area (Å²) in [7, 11) is 1.85. The molecule has 0 aliphatic carbocycles. The maximum Gasteiger partial charge on any atom is 0.310 e. The molecule has 244 valence electrons. The highest BCUT2D eigenvalue weighted by molar-refractivity contribution is 5.94. The van der Waals surface area contributed by atoms with E-state index in [1.165, 1.54) is 0 Å². The lowest BCUT2D eigenvalue weighted by molar-refractivity contribution is -0.151. The van der Waals surface area contributed by atoms with Crippen LogP contribution in [0.25, 0.3) is 11.1 Å². The molecule has 46 heavy (non-hydrogen) atoms. The number of likely N-dealkylation sites (tertiary alicyclic amines) is 2. The number of carbonyl (C=O) groups is 3. The van der Waals surface area contributed by atoms with Crippen LogP contribution in [0.2, 0.25) is 0 Å². The van der Waals surface area contributed by atoms with E-state index in [1.807, 2.05) is 74.6 Å². The van der Waals surface area contributed by atoms with Gasteiger partial charge in [0.25, 0.3) is 5.91 Å². The van der Waals surface area contributed by atoms with Crippen LogP contribution in [-0.4, -0.2) is 91.6 Å². The van der Waals surface area contributed by atoms with Crippen molar-refractivity contribution in [3.8, 4) is 11.1 Å². The van der Waals surface area contributed by atoms with Crippen LogP contribution in [0.1, 0.15) is 54.1 Å². The molecule has 8 nitrogen and oxygen atoms in total. The first-order valence-electron chi connectivity index (χ1n) is 16.7. The number of nitrogens with zero attached hydrogens (tertiary/aromatic N) is 3. The number of amides is 1. The largest absolute Gasteiger partial charge is 0.466 e. The standard InChI is InChI=1S/C38H47N3O5/c1-3-45-38(44)32-17-21-41(22-18-32)28-29-13-15-31(16-14-29)37(43)39(2)25-26-40-23-19-34(20-24-40)46-36(42)27-33-11-7-8-12-35(33)30-9-5-4-6-10-30/h4-16,32,34H,3,17-28H2,1-2H3. The Labute approximate surface area is 273 Å². The molecule has 2 heterocycles. The highest BCUT2D eigenvalue weighted by atomic mass is 16.5. The second-order valence-corrected chi connectivity index (χ2v) is 12.5. The molecular weight excluding hydrogens is 578 g/mol. The third-order valence-electron chi connectivity index (χ3n) is 9.18. The van der Waals surface area contributed by atoms with Crippen molar-refractivity contribution in [1.82, 2.24) is 14.7 Å². The molecule has 2 saturated heterocycles. The molecule has 0 saturated carbocycles. The van der Waals surface area contributed by atoms with Crippen LogP contribution in [0.5, 0.6) is 0 Å². The zero-order valence-electron chi connectivity index (χ0n) is 27.2. The Morgan fingerprint density at radius 3 is 2.15 bits per heavy atom. The zero-order valence-corrected chi connectivity index (χ0v) is 27.2. The van der Waals surface area contributed by atoms with Gasteiger partial charge in [-0.25, -0.2) is 0 Å². The van der Waals surface area contributed by atoms with Crippen LogP contribution in [0.3, 0.4) is 0 Å². The molecule has 3 aromatic rings. The molecule has 0 bridgehead atoms. The third-order valence-corrected chi connectivity index (χ3v) is 9.18. The fourth-order valence-electron chi connectivity index (χ4n) is 6.42. The molecule has 0 spiro atoms. The number of esters is 2. The van der Waals surface area contributed by atoms with Crippen molar-refractivity contribution in [3.05, 3.63) is 95.6 Å². The number of ether oxygens (including phenoxy) is 2. The summed E-state index contributed by atoms with van der Waals surface area (Å²) in [4.78, 5) is 44.4. The fourth-order valence-corrected chi connectivity index (χ4v) is 6.42. The molecule has 3 aromatic carbocycles. The van der Waals surface area contributed by atoms with E-state index in [-0.39, 0.29) is 36.3 Å². The Morgan fingerprint density at radius 2 is 1.46 bits per heavy atom. The van der Waals surface area contributed by atoms with E-state index in [1.54, 1.807) is 4.90 Å².